The molecule has 0 radical (unpaired) electrons. The Kier molecular flexibility index (Phi) is 4.63. The summed E-state index contributed by atoms with van der Waals surface area (Å²) < 4.78 is 2.09. The minimum atomic E-state index is -0.0269. The van der Waals surface area contributed by atoms with Gasteiger partial charge in [0.05, 0.1) is 29.0 Å². The predicted molar refractivity (Wildman–Crippen MR) is 126 cm³/mol. The van der Waals surface area contributed by atoms with Crippen molar-refractivity contribution >= 4 is 27.9 Å². The number of aryl methyl sites for hydroxylation is 3. The number of anilines is 1. The second-order valence-electron chi connectivity index (χ2n) is 8.11. The fourth-order valence-electron chi connectivity index (χ4n) is 4.54. The first-order chi connectivity index (χ1) is 15.5. The summed E-state index contributed by atoms with van der Waals surface area (Å²) in [6.07, 6.45) is 3.81. The maximum Gasteiger partial charge on any atom is 0.217 e. The zero-order valence-electron chi connectivity index (χ0n) is 18.4. The van der Waals surface area contributed by atoms with Gasteiger partial charge in [-0.3, -0.25) is 15.4 Å². The van der Waals surface area contributed by atoms with Crippen LogP contribution in [-0.4, -0.2) is 24.7 Å². The molecule has 3 aromatic heterocycles. The van der Waals surface area contributed by atoms with E-state index in [0.29, 0.717) is 5.95 Å². The number of aromatic nitrogens is 5. The molecule has 3 heterocycles. The molecule has 0 aliphatic rings. The monoisotopic (exact) mass is 421 g/mol. The van der Waals surface area contributed by atoms with Crippen LogP contribution < -0.4 is 5.32 Å². The second kappa shape index (κ2) is 7.50. The molecule has 2 N–H and O–H groups in total. The number of benzene rings is 2. The number of nitrogens with one attached hydrogen (secondary N) is 2. The third-order valence-electron chi connectivity index (χ3n) is 6.10. The topological polar surface area (TPSA) is 95.2 Å². The molecule has 0 fully saturated rings. The van der Waals surface area contributed by atoms with E-state index in [-0.39, 0.29) is 6.04 Å². The third-order valence-corrected chi connectivity index (χ3v) is 6.10. The second-order valence-corrected chi connectivity index (χ2v) is 8.11. The number of nitriles is 1. The fraction of sp³-hybridized carbons (Fsp3) is 0.200. The summed E-state index contributed by atoms with van der Waals surface area (Å²) in [5.41, 5.74) is 9.09. The normalized spacial score (nSPS) is 12.2. The molecular formula is C25H23N7. The highest BCUT2D eigenvalue weighted by molar-refractivity contribution is 6.05. The lowest BCUT2D eigenvalue weighted by Crippen LogP contribution is -2.10. The van der Waals surface area contributed by atoms with Gasteiger partial charge in [-0.05, 0) is 56.5 Å². The lowest BCUT2D eigenvalue weighted by molar-refractivity contribution is 0.668. The fourth-order valence-corrected chi connectivity index (χ4v) is 4.54. The quantitative estimate of drug-likeness (QED) is 0.299. The van der Waals surface area contributed by atoms with E-state index in [1.54, 1.807) is 6.20 Å². The van der Waals surface area contributed by atoms with Crippen LogP contribution in [0.4, 0.5) is 5.95 Å². The van der Waals surface area contributed by atoms with Crippen LogP contribution in [0.5, 0.6) is 0 Å². The summed E-state index contributed by atoms with van der Waals surface area (Å²) in [6.45, 7) is 8.27. The van der Waals surface area contributed by atoms with Gasteiger partial charge in [0.25, 0.3) is 0 Å². The Bertz CT molecular complexity index is 1480. The molecule has 0 unspecified atom stereocenters. The Labute approximate surface area is 185 Å². The molecule has 0 aliphatic heterocycles. The van der Waals surface area contributed by atoms with E-state index in [9.17, 15) is 5.26 Å². The van der Waals surface area contributed by atoms with Crippen LogP contribution in [0, 0.1) is 32.2 Å². The average molecular weight is 422 g/mol. The van der Waals surface area contributed by atoms with Gasteiger partial charge in [0.2, 0.25) is 5.95 Å². The van der Waals surface area contributed by atoms with Crippen molar-refractivity contribution < 1.29 is 0 Å². The number of H-pyrrole nitrogens is 1. The van der Waals surface area contributed by atoms with Gasteiger partial charge in [0.1, 0.15) is 5.52 Å². The molecule has 0 saturated heterocycles. The number of pyridine rings is 1. The number of imidazole rings is 1. The molecule has 32 heavy (non-hydrogen) atoms. The molecule has 158 valence electrons. The Balaban J connectivity index is 1.81. The van der Waals surface area contributed by atoms with E-state index in [2.05, 4.69) is 63.2 Å². The molecule has 1 atom stereocenters. The van der Waals surface area contributed by atoms with E-state index in [4.69, 9.17) is 4.98 Å². The standard InChI is InChI=1S/C25H23N7/c1-14-10-20-21(11-19(14)23-15(2)30-31-16(23)3)27-12-22-24(20)32(25(29-22)28-13-26)17(4)18-8-6-5-7-9-18/h5-12,17H,1-4H3,(H,28,29)(H,30,31)/t17-/m1/s1. The van der Waals surface area contributed by atoms with Gasteiger partial charge < -0.3 is 4.57 Å². The van der Waals surface area contributed by atoms with E-state index in [1.165, 1.54) is 0 Å². The molecule has 2 aromatic carbocycles. The van der Waals surface area contributed by atoms with Crippen LogP contribution in [0.3, 0.4) is 0 Å². The highest BCUT2D eigenvalue weighted by atomic mass is 15.2. The first kappa shape index (κ1) is 19.8. The number of nitrogens with zero attached hydrogens (tertiary/aromatic N) is 5. The first-order valence-corrected chi connectivity index (χ1v) is 10.5. The van der Waals surface area contributed by atoms with Crippen LogP contribution in [-0.2, 0) is 0 Å². The van der Waals surface area contributed by atoms with Gasteiger partial charge in [0.15, 0.2) is 6.19 Å². The van der Waals surface area contributed by atoms with E-state index in [0.717, 1.165) is 55.6 Å². The van der Waals surface area contributed by atoms with Crippen LogP contribution in [0.25, 0.3) is 33.1 Å². The number of aromatic amines is 1. The Morgan fingerprint density at radius 1 is 1.09 bits per heavy atom. The van der Waals surface area contributed by atoms with Crippen molar-refractivity contribution in [3.8, 4) is 17.3 Å². The zero-order chi connectivity index (χ0) is 22.4. The van der Waals surface area contributed by atoms with Gasteiger partial charge in [-0.15, -0.1) is 0 Å². The number of hydrogen-bond acceptors (Lipinski definition) is 5. The maximum atomic E-state index is 9.33. The highest BCUT2D eigenvalue weighted by Crippen LogP contribution is 2.36. The van der Waals surface area contributed by atoms with Crippen molar-refractivity contribution in [2.24, 2.45) is 0 Å². The molecule has 0 saturated carbocycles. The van der Waals surface area contributed by atoms with Gasteiger partial charge in [-0.25, -0.2) is 4.98 Å². The number of rotatable bonds is 4. The van der Waals surface area contributed by atoms with Gasteiger partial charge >= 0.3 is 0 Å². The van der Waals surface area contributed by atoms with Crippen LogP contribution in [0.2, 0.25) is 0 Å². The first-order valence-electron chi connectivity index (χ1n) is 10.5. The summed E-state index contributed by atoms with van der Waals surface area (Å²) in [5.74, 6) is 0.511. The van der Waals surface area contributed by atoms with Gasteiger partial charge in [-0.1, -0.05) is 30.3 Å². The van der Waals surface area contributed by atoms with E-state index in [1.807, 2.05) is 38.2 Å². The SMILES string of the molecule is Cc1cc2c(cc1-c1c(C)n[nH]c1C)ncc1nc(NC#N)n([C@H](C)c3ccccc3)c12. The number of hydrogen-bond donors (Lipinski definition) is 2. The molecule has 0 bridgehead atoms. The molecular weight excluding hydrogens is 398 g/mol. The maximum absolute atomic E-state index is 9.33. The lowest BCUT2D eigenvalue weighted by Gasteiger charge is -2.18. The minimum absolute atomic E-state index is 0.0269. The van der Waals surface area contributed by atoms with Crippen molar-refractivity contribution in [1.82, 2.24) is 24.7 Å². The van der Waals surface area contributed by atoms with Gasteiger partial charge in [-0.2, -0.15) is 10.4 Å². The molecule has 0 amide bonds. The average Bonchev–Trinajstić information content (AvgIpc) is 3.33. The molecule has 5 aromatic rings. The predicted octanol–water partition coefficient (Wildman–Crippen LogP) is 5.40. The van der Waals surface area contributed by atoms with Crippen molar-refractivity contribution in [2.45, 2.75) is 33.7 Å². The Morgan fingerprint density at radius 3 is 2.56 bits per heavy atom. The molecule has 7 heteroatoms. The summed E-state index contributed by atoms with van der Waals surface area (Å²) in [7, 11) is 0. The van der Waals surface area contributed by atoms with E-state index < -0.39 is 0 Å². The summed E-state index contributed by atoms with van der Waals surface area (Å²) in [4.78, 5) is 9.39. The van der Waals surface area contributed by atoms with Crippen molar-refractivity contribution in [2.75, 3.05) is 5.32 Å². The van der Waals surface area contributed by atoms with E-state index >= 15 is 0 Å². The van der Waals surface area contributed by atoms with Crippen LogP contribution >= 0.6 is 0 Å². The third kappa shape index (κ3) is 3.00. The lowest BCUT2D eigenvalue weighted by atomic mass is 9.96. The Hall–Kier alpha value is -4.18. The van der Waals surface area contributed by atoms with Crippen LogP contribution in [0.1, 0.15) is 35.5 Å². The Morgan fingerprint density at radius 2 is 1.88 bits per heavy atom. The highest BCUT2D eigenvalue weighted by Gasteiger charge is 2.21. The zero-order valence-corrected chi connectivity index (χ0v) is 18.4. The van der Waals surface area contributed by atoms with Crippen molar-refractivity contribution in [1.29, 1.82) is 5.26 Å². The van der Waals surface area contributed by atoms with Crippen LogP contribution in [0.15, 0.2) is 48.7 Å². The summed E-state index contributed by atoms with van der Waals surface area (Å²) in [6, 6.07) is 14.5. The smallest absolute Gasteiger partial charge is 0.217 e. The molecule has 5 rings (SSSR count). The minimum Gasteiger partial charge on any atom is -0.301 e. The summed E-state index contributed by atoms with van der Waals surface area (Å²) in [5, 5.41) is 20.5. The summed E-state index contributed by atoms with van der Waals surface area (Å²) >= 11 is 0. The van der Waals surface area contributed by atoms with Crippen molar-refractivity contribution in [3.05, 3.63) is 71.2 Å². The van der Waals surface area contributed by atoms with Gasteiger partial charge in [0, 0.05) is 16.6 Å². The number of fused-ring (bicyclic) bond motifs is 3. The van der Waals surface area contributed by atoms with Crippen molar-refractivity contribution in [3.63, 3.8) is 0 Å². The molecule has 0 aliphatic carbocycles. The molecule has 7 nitrogen and oxygen atoms in total. The molecule has 0 spiro atoms. The largest absolute Gasteiger partial charge is 0.301 e.